The third-order valence-corrected chi connectivity index (χ3v) is 3.35. The molecule has 14 heavy (non-hydrogen) atoms. The minimum absolute atomic E-state index is 0.210. The van der Waals surface area contributed by atoms with E-state index >= 15 is 0 Å². The first-order chi connectivity index (χ1) is 6.38. The number of rotatable bonds is 2. The summed E-state index contributed by atoms with van der Waals surface area (Å²) in [6.45, 7) is 5.81. The Kier molecular flexibility index (Phi) is 3.49. The van der Waals surface area contributed by atoms with E-state index in [1.807, 2.05) is 20.8 Å². The van der Waals surface area contributed by atoms with Crippen molar-refractivity contribution in [1.29, 1.82) is 0 Å². The van der Waals surface area contributed by atoms with Crippen molar-refractivity contribution in [2.24, 2.45) is 5.41 Å². The van der Waals surface area contributed by atoms with Crippen LogP contribution in [-0.2, 0) is 9.53 Å². The summed E-state index contributed by atoms with van der Waals surface area (Å²) in [5, 5.41) is 1.03. The number of allylic oxidation sites excluding steroid dienone is 1. The third-order valence-electron chi connectivity index (χ3n) is 2.36. The molecule has 0 aromatic rings. The van der Waals surface area contributed by atoms with Crippen LogP contribution < -0.4 is 0 Å². The number of hydrogen-bond acceptors (Lipinski definition) is 2. The Labute approximate surface area is 94.2 Å². The smallest absolute Gasteiger partial charge is 0.307 e. The Morgan fingerprint density at radius 3 is 2.50 bits per heavy atom. The zero-order valence-corrected chi connectivity index (χ0v) is 10.1. The Balaban J connectivity index is 2.94. The lowest BCUT2D eigenvalue weighted by atomic mass is 9.85. The summed E-state index contributed by atoms with van der Waals surface area (Å²) >= 11 is 12.0. The predicted molar refractivity (Wildman–Crippen MR) is 57.3 cm³/mol. The highest BCUT2D eigenvalue weighted by atomic mass is 35.5. The minimum Gasteiger partial charge on any atom is -0.456 e. The molecule has 0 bridgehead atoms. The van der Waals surface area contributed by atoms with Crippen LogP contribution in [0.2, 0.25) is 0 Å². The molecule has 0 spiro atoms. The molecule has 1 rings (SSSR count). The van der Waals surface area contributed by atoms with Crippen molar-refractivity contribution in [2.75, 3.05) is 0 Å². The molecule has 1 saturated heterocycles. The van der Waals surface area contributed by atoms with Crippen molar-refractivity contribution in [3.63, 3.8) is 0 Å². The maximum atomic E-state index is 11.1. The second kappa shape index (κ2) is 4.11. The fraction of sp³-hybridized carbons (Fsp3) is 0.700. The molecule has 1 atom stereocenters. The molecular weight excluding hydrogens is 223 g/mol. The topological polar surface area (TPSA) is 26.3 Å². The first-order valence-corrected chi connectivity index (χ1v) is 5.37. The summed E-state index contributed by atoms with van der Waals surface area (Å²) in [5.41, 5.74) is -0.260. The number of halogens is 2. The van der Waals surface area contributed by atoms with E-state index in [9.17, 15) is 4.79 Å². The standard InChI is InChI=1S/C10H14Cl2O2/c1-4-6(11)8(12)9-10(2,3)5-7(13)14-9/h9H,4-5H2,1-3H3/b8-6+. The van der Waals surface area contributed by atoms with Gasteiger partial charge in [0, 0.05) is 10.4 Å². The van der Waals surface area contributed by atoms with Crippen LogP contribution in [0, 0.1) is 5.41 Å². The molecule has 1 unspecified atom stereocenters. The van der Waals surface area contributed by atoms with Gasteiger partial charge >= 0.3 is 5.97 Å². The molecular formula is C10H14Cl2O2. The quantitative estimate of drug-likeness (QED) is 0.687. The number of cyclic esters (lactones) is 1. The van der Waals surface area contributed by atoms with Crippen molar-refractivity contribution >= 4 is 29.2 Å². The molecule has 0 saturated carbocycles. The van der Waals surface area contributed by atoms with Crippen LogP contribution in [0.1, 0.15) is 33.6 Å². The summed E-state index contributed by atoms with van der Waals surface area (Å²) in [5.74, 6) is -0.210. The lowest BCUT2D eigenvalue weighted by Crippen LogP contribution is -2.25. The molecule has 0 aromatic heterocycles. The first-order valence-electron chi connectivity index (χ1n) is 4.62. The highest BCUT2D eigenvalue weighted by Gasteiger charge is 2.44. The average molecular weight is 237 g/mol. The van der Waals surface area contributed by atoms with Crippen LogP contribution in [0.15, 0.2) is 10.1 Å². The molecule has 4 heteroatoms. The lowest BCUT2D eigenvalue weighted by molar-refractivity contribution is -0.140. The normalized spacial score (nSPS) is 27.2. The monoisotopic (exact) mass is 236 g/mol. The van der Waals surface area contributed by atoms with Crippen molar-refractivity contribution < 1.29 is 9.53 Å². The van der Waals surface area contributed by atoms with Gasteiger partial charge in [0.1, 0.15) is 6.10 Å². The molecule has 0 aromatic carbocycles. The van der Waals surface area contributed by atoms with Crippen LogP contribution in [0.3, 0.4) is 0 Å². The largest absolute Gasteiger partial charge is 0.456 e. The van der Waals surface area contributed by atoms with Crippen LogP contribution >= 0.6 is 23.2 Å². The summed E-state index contributed by atoms with van der Waals surface area (Å²) in [6, 6.07) is 0. The van der Waals surface area contributed by atoms with Crippen LogP contribution in [-0.4, -0.2) is 12.1 Å². The highest BCUT2D eigenvalue weighted by molar-refractivity contribution is 6.39. The second-order valence-electron chi connectivity index (χ2n) is 4.14. The average Bonchev–Trinajstić information content (AvgIpc) is 2.36. The second-order valence-corrected chi connectivity index (χ2v) is 5.01. The SMILES string of the molecule is CC/C(Cl)=C(\Cl)C1OC(=O)CC1(C)C. The van der Waals surface area contributed by atoms with E-state index in [0.29, 0.717) is 22.9 Å². The van der Waals surface area contributed by atoms with Gasteiger partial charge in [-0.3, -0.25) is 4.79 Å². The van der Waals surface area contributed by atoms with E-state index in [4.69, 9.17) is 27.9 Å². The molecule has 1 heterocycles. The Bertz CT molecular complexity index is 282. The molecule has 0 aliphatic carbocycles. The number of hydrogen-bond donors (Lipinski definition) is 0. The van der Waals surface area contributed by atoms with Gasteiger partial charge in [-0.15, -0.1) is 0 Å². The fourth-order valence-electron chi connectivity index (χ4n) is 1.50. The van der Waals surface area contributed by atoms with Gasteiger partial charge in [-0.2, -0.15) is 0 Å². The maximum absolute atomic E-state index is 11.1. The molecule has 1 aliphatic rings. The van der Waals surface area contributed by atoms with Crippen molar-refractivity contribution in [3.8, 4) is 0 Å². The summed E-state index contributed by atoms with van der Waals surface area (Å²) in [7, 11) is 0. The van der Waals surface area contributed by atoms with E-state index in [2.05, 4.69) is 0 Å². The van der Waals surface area contributed by atoms with Gasteiger partial charge in [-0.1, -0.05) is 44.0 Å². The molecule has 1 aliphatic heterocycles. The van der Waals surface area contributed by atoms with Gasteiger partial charge in [-0.25, -0.2) is 0 Å². The van der Waals surface area contributed by atoms with Crippen molar-refractivity contribution in [1.82, 2.24) is 0 Å². The minimum atomic E-state index is -0.385. The lowest BCUT2D eigenvalue weighted by Gasteiger charge is -2.23. The molecule has 0 N–H and O–H groups in total. The summed E-state index contributed by atoms with van der Waals surface area (Å²) < 4.78 is 5.15. The Morgan fingerprint density at radius 2 is 2.14 bits per heavy atom. The zero-order chi connectivity index (χ0) is 10.9. The van der Waals surface area contributed by atoms with Gasteiger partial charge < -0.3 is 4.74 Å². The highest BCUT2D eigenvalue weighted by Crippen LogP contribution is 2.41. The summed E-state index contributed by atoms with van der Waals surface area (Å²) in [4.78, 5) is 11.1. The third kappa shape index (κ3) is 2.23. The molecule has 0 amide bonds. The Hall–Kier alpha value is -0.210. The van der Waals surface area contributed by atoms with E-state index in [0.717, 1.165) is 0 Å². The maximum Gasteiger partial charge on any atom is 0.307 e. The zero-order valence-electron chi connectivity index (χ0n) is 8.56. The van der Waals surface area contributed by atoms with Gasteiger partial charge in [0.2, 0.25) is 0 Å². The van der Waals surface area contributed by atoms with Crippen LogP contribution in [0.25, 0.3) is 0 Å². The van der Waals surface area contributed by atoms with E-state index in [-0.39, 0.29) is 17.5 Å². The van der Waals surface area contributed by atoms with E-state index in [1.165, 1.54) is 0 Å². The first kappa shape index (κ1) is 11.9. The van der Waals surface area contributed by atoms with Crippen LogP contribution in [0.4, 0.5) is 0 Å². The van der Waals surface area contributed by atoms with Crippen molar-refractivity contribution in [3.05, 3.63) is 10.1 Å². The molecule has 80 valence electrons. The van der Waals surface area contributed by atoms with E-state index in [1.54, 1.807) is 0 Å². The van der Waals surface area contributed by atoms with Gasteiger partial charge in [-0.05, 0) is 6.42 Å². The Morgan fingerprint density at radius 1 is 1.57 bits per heavy atom. The molecule has 0 radical (unpaired) electrons. The van der Waals surface area contributed by atoms with Gasteiger partial charge in [0.05, 0.1) is 11.5 Å². The number of carbonyl (C=O) groups excluding carboxylic acids is 1. The summed E-state index contributed by atoms with van der Waals surface area (Å²) in [6.07, 6.45) is 0.663. The fourth-order valence-corrected chi connectivity index (χ4v) is 2.08. The molecule has 1 fully saturated rings. The van der Waals surface area contributed by atoms with Gasteiger partial charge in [0.15, 0.2) is 0 Å². The van der Waals surface area contributed by atoms with Crippen LogP contribution in [0.5, 0.6) is 0 Å². The van der Waals surface area contributed by atoms with Crippen molar-refractivity contribution in [2.45, 2.75) is 39.7 Å². The van der Waals surface area contributed by atoms with E-state index < -0.39 is 0 Å². The molecule has 2 nitrogen and oxygen atoms in total. The number of ether oxygens (including phenoxy) is 1. The number of esters is 1. The number of carbonyl (C=O) groups is 1. The predicted octanol–water partition coefficient (Wildman–Crippen LogP) is 3.43. The van der Waals surface area contributed by atoms with Gasteiger partial charge in [0.25, 0.3) is 0 Å².